The number of nitrogens with one attached hydrogen (secondary N) is 1. The maximum Gasteiger partial charge on any atom is 0.308 e. The van der Waals surface area contributed by atoms with Gasteiger partial charge >= 0.3 is 5.97 Å². The van der Waals surface area contributed by atoms with E-state index in [-0.39, 0.29) is 11.7 Å². The molecular formula is C14H17NO3. The van der Waals surface area contributed by atoms with E-state index in [1.54, 1.807) is 6.07 Å². The number of aliphatic carboxylic acids is 1. The highest BCUT2D eigenvalue weighted by Gasteiger charge is 2.31. The predicted molar refractivity (Wildman–Crippen MR) is 67.8 cm³/mol. The van der Waals surface area contributed by atoms with Crippen molar-refractivity contribution in [2.75, 3.05) is 13.1 Å². The minimum atomic E-state index is -0.777. The lowest BCUT2D eigenvalue weighted by Gasteiger charge is -2.29. The molecule has 1 fully saturated rings. The molecule has 2 N–H and O–H groups in total. The second kappa shape index (κ2) is 5.31. The average molecular weight is 247 g/mol. The van der Waals surface area contributed by atoms with Gasteiger partial charge in [-0.05, 0) is 37.4 Å². The van der Waals surface area contributed by atoms with Crippen LogP contribution < -0.4 is 5.32 Å². The van der Waals surface area contributed by atoms with Crippen LogP contribution in [0.3, 0.4) is 0 Å². The normalized spacial score (nSPS) is 23.6. The second-order valence-corrected chi connectivity index (χ2v) is 4.73. The summed E-state index contributed by atoms with van der Waals surface area (Å²) in [5.74, 6) is -1.19. The number of rotatable bonds is 3. The van der Waals surface area contributed by atoms with Gasteiger partial charge < -0.3 is 10.4 Å². The summed E-state index contributed by atoms with van der Waals surface area (Å²) in [5, 5.41) is 12.3. The highest BCUT2D eigenvalue weighted by atomic mass is 16.4. The minimum absolute atomic E-state index is 0.0111. The molecule has 1 saturated heterocycles. The topological polar surface area (TPSA) is 66.4 Å². The number of piperidine rings is 1. The van der Waals surface area contributed by atoms with E-state index in [0.29, 0.717) is 12.1 Å². The zero-order valence-electron chi connectivity index (χ0n) is 10.3. The van der Waals surface area contributed by atoms with Gasteiger partial charge in [-0.1, -0.05) is 18.2 Å². The molecule has 96 valence electrons. The largest absolute Gasteiger partial charge is 0.481 e. The molecular weight excluding hydrogens is 230 g/mol. The Kier molecular flexibility index (Phi) is 3.77. The van der Waals surface area contributed by atoms with Crippen molar-refractivity contribution in [2.24, 2.45) is 5.92 Å². The average Bonchev–Trinajstić information content (AvgIpc) is 2.39. The Morgan fingerprint density at radius 1 is 1.39 bits per heavy atom. The van der Waals surface area contributed by atoms with Crippen LogP contribution in [-0.4, -0.2) is 29.9 Å². The Morgan fingerprint density at radius 2 is 2.17 bits per heavy atom. The molecule has 0 amide bonds. The van der Waals surface area contributed by atoms with Gasteiger partial charge in [0, 0.05) is 12.1 Å². The van der Waals surface area contributed by atoms with Crippen LogP contribution in [-0.2, 0) is 4.79 Å². The molecule has 2 unspecified atom stereocenters. The lowest BCUT2D eigenvalue weighted by molar-refractivity contribution is -0.142. The first-order valence-corrected chi connectivity index (χ1v) is 6.14. The van der Waals surface area contributed by atoms with E-state index in [9.17, 15) is 14.7 Å². The third-order valence-corrected chi connectivity index (χ3v) is 3.52. The fraction of sp³-hybridized carbons (Fsp3) is 0.429. The SMILES string of the molecule is CC(=O)c1cccc(C2CCNCC2C(=O)O)c1. The molecule has 4 heteroatoms. The quantitative estimate of drug-likeness (QED) is 0.797. The van der Waals surface area contributed by atoms with Gasteiger partial charge in [-0.2, -0.15) is 0 Å². The number of Topliss-reactive ketones (excluding diaryl/α,β-unsaturated/α-hetero) is 1. The Morgan fingerprint density at radius 3 is 2.83 bits per heavy atom. The van der Waals surface area contributed by atoms with Crippen molar-refractivity contribution < 1.29 is 14.7 Å². The van der Waals surface area contributed by atoms with Crippen molar-refractivity contribution in [3.63, 3.8) is 0 Å². The number of ketones is 1. The molecule has 2 atom stereocenters. The number of hydrogen-bond acceptors (Lipinski definition) is 3. The molecule has 1 aliphatic heterocycles. The molecule has 0 bridgehead atoms. The Bertz CT molecular complexity index is 470. The van der Waals surface area contributed by atoms with E-state index in [0.717, 1.165) is 18.5 Å². The summed E-state index contributed by atoms with van der Waals surface area (Å²) in [6.07, 6.45) is 0.790. The molecule has 4 nitrogen and oxygen atoms in total. The van der Waals surface area contributed by atoms with Gasteiger partial charge in [-0.3, -0.25) is 9.59 Å². The molecule has 0 saturated carbocycles. The molecule has 2 rings (SSSR count). The Balaban J connectivity index is 2.30. The molecule has 1 aliphatic rings. The van der Waals surface area contributed by atoms with Crippen LogP contribution in [0.1, 0.15) is 35.2 Å². The molecule has 1 heterocycles. The highest BCUT2D eigenvalue weighted by Crippen LogP contribution is 2.31. The zero-order valence-corrected chi connectivity index (χ0v) is 10.3. The first-order chi connectivity index (χ1) is 8.59. The first kappa shape index (κ1) is 12.8. The summed E-state index contributed by atoms with van der Waals surface area (Å²) in [5.41, 5.74) is 1.60. The van der Waals surface area contributed by atoms with Gasteiger partial charge in [0.15, 0.2) is 5.78 Å². The summed E-state index contributed by atoms with van der Waals surface area (Å²) in [4.78, 5) is 22.6. The first-order valence-electron chi connectivity index (χ1n) is 6.14. The summed E-state index contributed by atoms with van der Waals surface area (Å²) >= 11 is 0. The van der Waals surface area contributed by atoms with Crippen LogP contribution in [0.5, 0.6) is 0 Å². The third-order valence-electron chi connectivity index (χ3n) is 3.52. The van der Waals surface area contributed by atoms with E-state index >= 15 is 0 Å². The standard InChI is InChI=1S/C14H17NO3/c1-9(16)10-3-2-4-11(7-10)12-5-6-15-8-13(12)14(17)18/h2-4,7,12-13,15H,5-6,8H2,1H3,(H,17,18). The van der Waals surface area contributed by atoms with Gasteiger partial charge in [0.2, 0.25) is 0 Å². The smallest absolute Gasteiger partial charge is 0.308 e. The van der Waals surface area contributed by atoms with E-state index in [4.69, 9.17) is 0 Å². The van der Waals surface area contributed by atoms with Crippen LogP contribution in [0.15, 0.2) is 24.3 Å². The summed E-state index contributed by atoms with van der Waals surface area (Å²) in [6, 6.07) is 7.34. The van der Waals surface area contributed by atoms with Crippen molar-refractivity contribution in [3.8, 4) is 0 Å². The van der Waals surface area contributed by atoms with Crippen LogP contribution in [0.2, 0.25) is 0 Å². The fourth-order valence-electron chi connectivity index (χ4n) is 2.51. The van der Waals surface area contributed by atoms with Crippen molar-refractivity contribution in [3.05, 3.63) is 35.4 Å². The second-order valence-electron chi connectivity index (χ2n) is 4.73. The summed E-state index contributed by atoms with van der Waals surface area (Å²) in [7, 11) is 0. The van der Waals surface area contributed by atoms with Crippen molar-refractivity contribution in [2.45, 2.75) is 19.3 Å². The van der Waals surface area contributed by atoms with E-state index in [1.807, 2.05) is 18.2 Å². The molecule has 0 radical (unpaired) electrons. The van der Waals surface area contributed by atoms with E-state index in [2.05, 4.69) is 5.32 Å². The van der Waals surface area contributed by atoms with Crippen LogP contribution in [0.25, 0.3) is 0 Å². The van der Waals surface area contributed by atoms with Gasteiger partial charge in [0.05, 0.1) is 5.92 Å². The van der Waals surface area contributed by atoms with Gasteiger partial charge in [-0.25, -0.2) is 0 Å². The van der Waals surface area contributed by atoms with Crippen LogP contribution >= 0.6 is 0 Å². The van der Waals surface area contributed by atoms with Crippen molar-refractivity contribution in [1.29, 1.82) is 0 Å². The number of hydrogen-bond donors (Lipinski definition) is 2. The Hall–Kier alpha value is -1.68. The molecule has 0 spiro atoms. The maximum absolute atomic E-state index is 11.4. The van der Waals surface area contributed by atoms with Crippen LogP contribution in [0, 0.1) is 5.92 Å². The number of carbonyl (C=O) groups is 2. The summed E-state index contributed by atoms with van der Waals surface area (Å²) in [6.45, 7) is 2.83. The highest BCUT2D eigenvalue weighted by molar-refractivity contribution is 5.94. The van der Waals surface area contributed by atoms with E-state index < -0.39 is 11.9 Å². The van der Waals surface area contributed by atoms with E-state index in [1.165, 1.54) is 6.92 Å². The molecule has 18 heavy (non-hydrogen) atoms. The minimum Gasteiger partial charge on any atom is -0.481 e. The van der Waals surface area contributed by atoms with Crippen molar-refractivity contribution in [1.82, 2.24) is 5.32 Å². The maximum atomic E-state index is 11.4. The predicted octanol–water partition coefficient (Wildman–Crippen LogP) is 1.67. The molecule has 0 aromatic heterocycles. The fourth-order valence-corrected chi connectivity index (χ4v) is 2.51. The Labute approximate surface area is 106 Å². The third kappa shape index (κ3) is 2.59. The summed E-state index contributed by atoms with van der Waals surface area (Å²) < 4.78 is 0. The van der Waals surface area contributed by atoms with Gasteiger partial charge in [-0.15, -0.1) is 0 Å². The molecule has 0 aliphatic carbocycles. The lowest BCUT2D eigenvalue weighted by Crippen LogP contribution is -2.39. The monoisotopic (exact) mass is 247 g/mol. The number of carbonyl (C=O) groups excluding carboxylic acids is 1. The lowest BCUT2D eigenvalue weighted by atomic mass is 9.80. The zero-order chi connectivity index (χ0) is 13.1. The number of carboxylic acid groups (broad SMARTS) is 1. The van der Waals surface area contributed by atoms with Gasteiger partial charge in [0.25, 0.3) is 0 Å². The number of benzene rings is 1. The van der Waals surface area contributed by atoms with Crippen LogP contribution in [0.4, 0.5) is 0 Å². The van der Waals surface area contributed by atoms with Crippen molar-refractivity contribution >= 4 is 11.8 Å². The molecule has 1 aromatic rings. The molecule has 1 aromatic carbocycles. The number of carboxylic acids is 1. The van der Waals surface area contributed by atoms with Gasteiger partial charge in [0.1, 0.15) is 0 Å².